The highest BCUT2D eigenvalue weighted by molar-refractivity contribution is 5.89. The van der Waals surface area contributed by atoms with Crippen molar-refractivity contribution < 1.29 is 9.53 Å². The molecule has 0 spiro atoms. The number of carbonyl (C=O) groups excluding carboxylic acids is 1. The van der Waals surface area contributed by atoms with E-state index < -0.39 is 0 Å². The van der Waals surface area contributed by atoms with Gasteiger partial charge in [-0.15, -0.1) is 0 Å². The number of hydrogen-bond acceptors (Lipinski definition) is 6. The number of aromatic nitrogens is 2. The summed E-state index contributed by atoms with van der Waals surface area (Å²) >= 11 is 0. The second kappa shape index (κ2) is 8.08. The normalized spacial score (nSPS) is 11.0. The van der Waals surface area contributed by atoms with Crippen LogP contribution in [0.1, 0.15) is 36.7 Å². The second-order valence-electron chi connectivity index (χ2n) is 7.38. The van der Waals surface area contributed by atoms with Crippen LogP contribution in [0, 0.1) is 0 Å². The molecule has 0 saturated carbocycles. The van der Waals surface area contributed by atoms with Gasteiger partial charge in [0.15, 0.2) is 0 Å². The van der Waals surface area contributed by atoms with E-state index in [0.717, 1.165) is 11.4 Å². The van der Waals surface area contributed by atoms with Crippen molar-refractivity contribution >= 4 is 29.1 Å². The van der Waals surface area contributed by atoms with Gasteiger partial charge in [-0.2, -0.15) is 4.98 Å². The van der Waals surface area contributed by atoms with Gasteiger partial charge in [-0.3, -0.25) is 0 Å². The van der Waals surface area contributed by atoms with E-state index in [9.17, 15) is 4.79 Å². The molecule has 6 heteroatoms. The minimum Gasteiger partial charge on any atom is -0.465 e. The van der Waals surface area contributed by atoms with Gasteiger partial charge in [0.05, 0.1) is 12.7 Å². The highest BCUT2D eigenvalue weighted by Crippen LogP contribution is 2.30. The summed E-state index contributed by atoms with van der Waals surface area (Å²) in [6, 6.07) is 16.9. The number of methoxy groups -OCH3 is 1. The maximum Gasteiger partial charge on any atom is 0.337 e. The number of hydrogen-bond donors (Lipinski definition) is 2. The topological polar surface area (TPSA) is 76.1 Å². The van der Waals surface area contributed by atoms with Crippen LogP contribution in [-0.2, 0) is 10.2 Å². The Hall–Kier alpha value is -3.41. The third-order valence-electron chi connectivity index (χ3n) is 4.22. The van der Waals surface area contributed by atoms with Gasteiger partial charge in [0.1, 0.15) is 5.82 Å². The number of nitrogens with zero attached hydrogens (tertiary/aromatic N) is 2. The number of rotatable bonds is 5. The predicted octanol–water partition coefficient (Wildman–Crippen LogP) is 5.05. The highest BCUT2D eigenvalue weighted by Gasteiger charge is 2.18. The Kier molecular flexibility index (Phi) is 5.59. The van der Waals surface area contributed by atoms with Crippen LogP contribution in [0.3, 0.4) is 0 Å². The molecule has 0 fully saturated rings. The molecule has 144 valence electrons. The van der Waals surface area contributed by atoms with Gasteiger partial charge in [0.25, 0.3) is 0 Å². The van der Waals surface area contributed by atoms with E-state index >= 15 is 0 Å². The van der Waals surface area contributed by atoms with Gasteiger partial charge in [0.2, 0.25) is 5.95 Å². The monoisotopic (exact) mass is 376 g/mol. The zero-order valence-electron chi connectivity index (χ0n) is 16.5. The molecular formula is C22H24N4O2. The molecule has 3 aromatic rings. The Morgan fingerprint density at radius 3 is 2.36 bits per heavy atom. The number of nitrogens with one attached hydrogen (secondary N) is 2. The zero-order chi connectivity index (χ0) is 20.1. The van der Waals surface area contributed by atoms with E-state index in [1.54, 1.807) is 36.5 Å². The first-order valence-corrected chi connectivity index (χ1v) is 9.02. The molecule has 28 heavy (non-hydrogen) atoms. The fourth-order valence-corrected chi connectivity index (χ4v) is 2.81. The molecule has 0 aliphatic rings. The third-order valence-corrected chi connectivity index (χ3v) is 4.22. The average Bonchev–Trinajstić information content (AvgIpc) is 2.68. The first kappa shape index (κ1) is 19.4. The summed E-state index contributed by atoms with van der Waals surface area (Å²) in [7, 11) is 1.36. The van der Waals surface area contributed by atoms with Crippen LogP contribution in [-0.4, -0.2) is 23.0 Å². The number of ether oxygens (including phenoxy) is 1. The fraction of sp³-hybridized carbons (Fsp3) is 0.227. The van der Waals surface area contributed by atoms with Crippen molar-refractivity contribution in [1.29, 1.82) is 0 Å². The second-order valence-corrected chi connectivity index (χ2v) is 7.38. The summed E-state index contributed by atoms with van der Waals surface area (Å²) in [4.78, 5) is 20.4. The van der Waals surface area contributed by atoms with E-state index in [0.29, 0.717) is 17.3 Å². The van der Waals surface area contributed by atoms with Crippen LogP contribution in [0.25, 0.3) is 0 Å². The molecule has 0 atom stereocenters. The van der Waals surface area contributed by atoms with Gasteiger partial charge < -0.3 is 15.4 Å². The van der Waals surface area contributed by atoms with Gasteiger partial charge >= 0.3 is 5.97 Å². The first-order valence-electron chi connectivity index (χ1n) is 9.02. The van der Waals surface area contributed by atoms with Crippen LogP contribution >= 0.6 is 0 Å². The maximum atomic E-state index is 11.5. The summed E-state index contributed by atoms with van der Waals surface area (Å²) in [5.74, 6) is 0.794. The number of benzene rings is 2. The van der Waals surface area contributed by atoms with Crippen molar-refractivity contribution in [3.63, 3.8) is 0 Å². The average molecular weight is 376 g/mol. The zero-order valence-corrected chi connectivity index (χ0v) is 16.5. The van der Waals surface area contributed by atoms with E-state index in [-0.39, 0.29) is 11.4 Å². The molecule has 2 N–H and O–H groups in total. The number of carbonyl (C=O) groups is 1. The molecule has 6 nitrogen and oxygen atoms in total. The minimum atomic E-state index is -0.363. The molecule has 0 radical (unpaired) electrons. The maximum absolute atomic E-state index is 11.5. The van der Waals surface area contributed by atoms with Crippen LogP contribution in [0.4, 0.5) is 23.1 Å². The lowest BCUT2D eigenvalue weighted by atomic mass is 9.86. The molecule has 0 bridgehead atoms. The summed E-state index contributed by atoms with van der Waals surface area (Å²) in [6.07, 6.45) is 1.69. The lowest BCUT2D eigenvalue weighted by Crippen LogP contribution is -2.14. The molecule has 0 aliphatic carbocycles. The predicted molar refractivity (Wildman–Crippen MR) is 112 cm³/mol. The molecular weight excluding hydrogens is 352 g/mol. The summed E-state index contributed by atoms with van der Waals surface area (Å²) in [5.41, 5.74) is 3.48. The van der Waals surface area contributed by atoms with Crippen LogP contribution in [0.15, 0.2) is 60.8 Å². The molecule has 1 heterocycles. The summed E-state index contributed by atoms with van der Waals surface area (Å²) < 4.78 is 4.71. The number of esters is 1. The summed E-state index contributed by atoms with van der Waals surface area (Å²) in [6.45, 7) is 6.51. The summed E-state index contributed by atoms with van der Waals surface area (Å²) in [5, 5.41) is 6.53. The molecule has 2 aromatic carbocycles. The Bertz CT molecular complexity index is 963. The lowest BCUT2D eigenvalue weighted by molar-refractivity contribution is 0.0601. The van der Waals surface area contributed by atoms with Crippen molar-refractivity contribution in [2.75, 3.05) is 17.7 Å². The SMILES string of the molecule is COC(=O)c1ccc(Nc2ccnc(Nc3ccccc3C(C)(C)C)n2)cc1. The quantitative estimate of drug-likeness (QED) is 0.607. The van der Waals surface area contributed by atoms with E-state index in [2.05, 4.69) is 47.4 Å². The van der Waals surface area contributed by atoms with Crippen molar-refractivity contribution in [3.05, 3.63) is 71.9 Å². The smallest absolute Gasteiger partial charge is 0.337 e. The van der Waals surface area contributed by atoms with Gasteiger partial charge in [0, 0.05) is 17.6 Å². The van der Waals surface area contributed by atoms with E-state index in [4.69, 9.17) is 4.74 Å². The number of para-hydroxylation sites is 1. The fourth-order valence-electron chi connectivity index (χ4n) is 2.81. The molecule has 0 saturated heterocycles. The van der Waals surface area contributed by atoms with Crippen LogP contribution in [0.5, 0.6) is 0 Å². The third kappa shape index (κ3) is 4.65. The van der Waals surface area contributed by atoms with Crippen molar-refractivity contribution in [3.8, 4) is 0 Å². The Morgan fingerprint density at radius 2 is 1.68 bits per heavy atom. The molecule has 1 aromatic heterocycles. The van der Waals surface area contributed by atoms with Crippen molar-refractivity contribution in [1.82, 2.24) is 9.97 Å². The van der Waals surface area contributed by atoms with Crippen LogP contribution < -0.4 is 10.6 Å². The standard InChI is InChI=1S/C22H24N4O2/c1-22(2,3)17-7-5-6-8-18(17)25-21-23-14-13-19(26-21)24-16-11-9-15(10-12-16)20(27)28-4/h5-14H,1-4H3,(H2,23,24,25,26). The van der Waals surface area contributed by atoms with Crippen molar-refractivity contribution in [2.24, 2.45) is 0 Å². The lowest BCUT2D eigenvalue weighted by Gasteiger charge is -2.23. The van der Waals surface area contributed by atoms with Gasteiger partial charge in [-0.25, -0.2) is 9.78 Å². The van der Waals surface area contributed by atoms with Gasteiger partial charge in [-0.05, 0) is 47.4 Å². The van der Waals surface area contributed by atoms with Crippen LogP contribution in [0.2, 0.25) is 0 Å². The molecule has 3 rings (SSSR count). The first-order chi connectivity index (χ1) is 13.4. The van der Waals surface area contributed by atoms with E-state index in [1.807, 2.05) is 18.2 Å². The Morgan fingerprint density at radius 1 is 0.964 bits per heavy atom. The van der Waals surface area contributed by atoms with E-state index in [1.165, 1.54) is 12.7 Å². The molecule has 0 aliphatic heterocycles. The number of anilines is 4. The van der Waals surface area contributed by atoms with Crippen molar-refractivity contribution in [2.45, 2.75) is 26.2 Å². The Balaban J connectivity index is 1.77. The van der Waals surface area contributed by atoms with Gasteiger partial charge in [-0.1, -0.05) is 39.0 Å². The highest BCUT2D eigenvalue weighted by atomic mass is 16.5. The largest absolute Gasteiger partial charge is 0.465 e. The minimum absolute atomic E-state index is 0.000831. The molecule has 0 amide bonds. The Labute approximate surface area is 165 Å². The molecule has 0 unspecified atom stereocenters.